The number of aromatic nitrogens is 2. The predicted molar refractivity (Wildman–Crippen MR) is 119 cm³/mol. The number of aromatic amines is 1. The second-order valence-electron chi connectivity index (χ2n) is 8.60. The fourth-order valence-electron chi connectivity index (χ4n) is 4.65. The van der Waals surface area contributed by atoms with Gasteiger partial charge >= 0.3 is 0 Å². The molecule has 176 valence electrons. The summed E-state index contributed by atoms with van der Waals surface area (Å²) >= 11 is 0. The number of benzene rings is 1. The van der Waals surface area contributed by atoms with Crippen molar-refractivity contribution in [3.8, 4) is 11.8 Å². The van der Waals surface area contributed by atoms with Crippen LogP contribution in [0.15, 0.2) is 35.7 Å². The van der Waals surface area contributed by atoms with Crippen molar-refractivity contribution in [2.75, 3.05) is 13.1 Å². The summed E-state index contributed by atoms with van der Waals surface area (Å²) in [5.74, 6) is 5.49. The highest BCUT2D eigenvalue weighted by Crippen LogP contribution is 2.30. The Morgan fingerprint density at radius 1 is 1.09 bits per heavy atom. The van der Waals surface area contributed by atoms with Crippen LogP contribution in [0, 0.1) is 17.8 Å². The lowest BCUT2D eigenvalue weighted by molar-refractivity contribution is -0.136. The number of nitrogens with zero attached hydrogens (tertiary/aromatic N) is 3. The molecule has 0 bridgehead atoms. The van der Waals surface area contributed by atoms with Crippen molar-refractivity contribution in [2.45, 2.75) is 43.3 Å². The van der Waals surface area contributed by atoms with E-state index in [1.165, 1.54) is 21.7 Å². The first-order valence-corrected chi connectivity index (χ1v) is 12.5. The molecule has 11 heteroatoms. The van der Waals surface area contributed by atoms with Gasteiger partial charge in [0.2, 0.25) is 11.8 Å². The van der Waals surface area contributed by atoms with Gasteiger partial charge in [-0.15, -0.1) is 0 Å². The monoisotopic (exact) mass is 481 g/mol. The van der Waals surface area contributed by atoms with Crippen LogP contribution in [0.2, 0.25) is 0 Å². The quantitative estimate of drug-likeness (QED) is 0.488. The van der Waals surface area contributed by atoms with Crippen molar-refractivity contribution in [1.29, 1.82) is 0 Å². The van der Waals surface area contributed by atoms with Gasteiger partial charge in [0.25, 0.3) is 15.9 Å². The van der Waals surface area contributed by atoms with Gasteiger partial charge < -0.3 is 9.88 Å². The minimum atomic E-state index is -3.58. The van der Waals surface area contributed by atoms with Crippen molar-refractivity contribution >= 4 is 27.7 Å². The molecule has 1 aromatic carbocycles. The van der Waals surface area contributed by atoms with Crippen LogP contribution in [-0.2, 0) is 26.2 Å². The lowest BCUT2D eigenvalue weighted by Gasteiger charge is -2.29. The van der Waals surface area contributed by atoms with Crippen LogP contribution in [-0.4, -0.2) is 64.4 Å². The highest BCUT2D eigenvalue weighted by molar-refractivity contribution is 7.89. The van der Waals surface area contributed by atoms with Crippen molar-refractivity contribution in [3.63, 3.8) is 0 Å². The number of nitrogens with one attached hydrogen (secondary N) is 2. The summed E-state index contributed by atoms with van der Waals surface area (Å²) in [6, 6.07) is 4.69. The minimum Gasteiger partial charge on any atom is -0.335 e. The van der Waals surface area contributed by atoms with Gasteiger partial charge in [-0.05, 0) is 37.0 Å². The van der Waals surface area contributed by atoms with Crippen LogP contribution in [0.5, 0.6) is 0 Å². The molecular formula is C23H23N5O5S. The first kappa shape index (κ1) is 22.3. The van der Waals surface area contributed by atoms with Gasteiger partial charge in [-0.25, -0.2) is 13.4 Å². The number of carbonyl (C=O) groups excluding carboxylic acids is 3. The molecule has 0 radical (unpaired) electrons. The van der Waals surface area contributed by atoms with E-state index in [0.717, 1.165) is 11.1 Å². The minimum absolute atomic E-state index is 0.0346. The third-order valence-corrected chi connectivity index (χ3v) is 8.36. The van der Waals surface area contributed by atoms with E-state index in [2.05, 4.69) is 27.1 Å². The normalized spacial score (nSPS) is 21.7. The molecule has 3 aliphatic heterocycles. The number of piperidine rings is 2. The number of rotatable bonds is 3. The van der Waals surface area contributed by atoms with E-state index in [1.807, 2.05) is 6.07 Å². The summed E-state index contributed by atoms with van der Waals surface area (Å²) in [5.41, 5.74) is 2.04. The number of hydrogen-bond acceptors (Lipinski definition) is 6. The summed E-state index contributed by atoms with van der Waals surface area (Å²) in [4.78, 5) is 44.6. The van der Waals surface area contributed by atoms with Gasteiger partial charge in [-0.2, -0.15) is 4.31 Å². The Morgan fingerprint density at radius 3 is 2.59 bits per heavy atom. The molecular weight excluding hydrogens is 458 g/mol. The van der Waals surface area contributed by atoms with E-state index < -0.39 is 22.0 Å². The molecule has 2 fully saturated rings. The van der Waals surface area contributed by atoms with Crippen molar-refractivity contribution < 1.29 is 22.8 Å². The zero-order valence-electron chi connectivity index (χ0n) is 18.3. The third-order valence-electron chi connectivity index (χ3n) is 6.54. The fourth-order valence-corrected chi connectivity index (χ4v) is 6.01. The van der Waals surface area contributed by atoms with Crippen molar-refractivity contribution in [2.24, 2.45) is 5.92 Å². The van der Waals surface area contributed by atoms with Gasteiger partial charge in [-0.3, -0.25) is 19.7 Å². The van der Waals surface area contributed by atoms with E-state index in [0.29, 0.717) is 37.9 Å². The van der Waals surface area contributed by atoms with Gasteiger partial charge in [-0.1, -0.05) is 17.9 Å². The number of sulfonamides is 1. The van der Waals surface area contributed by atoms with E-state index in [9.17, 15) is 22.8 Å². The zero-order chi connectivity index (χ0) is 23.9. The van der Waals surface area contributed by atoms with Crippen LogP contribution >= 0.6 is 0 Å². The Hall–Kier alpha value is -3.49. The first-order valence-electron chi connectivity index (χ1n) is 11.1. The standard InChI is InChI=1S/C23H23N5O5S/c29-20-7-6-19(22(30)26-20)28-13-18-16(2-1-3-17(18)23(28)31)5-4-15-8-10-27(11-9-15)34(32,33)21-12-24-14-25-21/h1-3,12,14-15,19H,6-11,13H2,(H,24,25)(H,26,29,30). The highest BCUT2D eigenvalue weighted by atomic mass is 32.2. The molecule has 0 spiro atoms. The number of imide groups is 1. The van der Waals surface area contributed by atoms with Gasteiger partial charge in [0.15, 0.2) is 5.03 Å². The molecule has 2 N–H and O–H groups in total. The van der Waals surface area contributed by atoms with E-state index in [-0.39, 0.29) is 35.7 Å². The Balaban J connectivity index is 1.28. The number of H-pyrrole nitrogens is 1. The fraction of sp³-hybridized carbons (Fsp3) is 0.391. The molecule has 0 aliphatic carbocycles. The third kappa shape index (κ3) is 3.99. The molecule has 3 aliphatic rings. The SMILES string of the molecule is O=C1CCC(N2Cc3c(C#CC4CCN(S(=O)(=O)c5cnc[nH]5)CC4)cccc3C2=O)C(=O)N1. The molecule has 3 amide bonds. The van der Waals surface area contributed by atoms with Gasteiger partial charge in [0.05, 0.1) is 12.5 Å². The lowest BCUT2D eigenvalue weighted by Crippen LogP contribution is -2.52. The average Bonchev–Trinajstić information content (AvgIpc) is 3.48. The summed E-state index contributed by atoms with van der Waals surface area (Å²) in [7, 11) is -3.58. The molecule has 1 unspecified atom stereocenters. The second kappa shape index (κ2) is 8.70. The molecule has 0 saturated carbocycles. The maximum atomic E-state index is 13.0. The molecule has 4 heterocycles. The van der Waals surface area contributed by atoms with E-state index >= 15 is 0 Å². The van der Waals surface area contributed by atoms with Crippen LogP contribution < -0.4 is 5.32 Å². The predicted octanol–water partition coefficient (Wildman–Crippen LogP) is 0.623. The maximum Gasteiger partial charge on any atom is 0.260 e. The summed E-state index contributed by atoms with van der Waals surface area (Å²) in [5, 5.41) is 2.39. The maximum absolute atomic E-state index is 13.0. The largest absolute Gasteiger partial charge is 0.335 e. The number of fused-ring (bicyclic) bond motifs is 1. The van der Waals surface area contributed by atoms with Gasteiger partial charge in [0.1, 0.15) is 6.04 Å². The smallest absolute Gasteiger partial charge is 0.260 e. The van der Waals surface area contributed by atoms with Crippen LogP contribution in [0.1, 0.15) is 47.2 Å². The first-order chi connectivity index (χ1) is 16.3. The molecule has 2 saturated heterocycles. The zero-order valence-corrected chi connectivity index (χ0v) is 19.1. The molecule has 34 heavy (non-hydrogen) atoms. The number of carbonyl (C=O) groups is 3. The lowest BCUT2D eigenvalue weighted by atomic mass is 9.97. The van der Waals surface area contributed by atoms with Crippen molar-refractivity contribution in [1.82, 2.24) is 24.5 Å². The average molecular weight is 482 g/mol. The molecule has 2 aromatic rings. The highest BCUT2D eigenvalue weighted by Gasteiger charge is 2.39. The molecule has 10 nitrogen and oxygen atoms in total. The molecule has 1 aromatic heterocycles. The molecule has 1 atom stereocenters. The van der Waals surface area contributed by atoms with Crippen LogP contribution in [0.25, 0.3) is 0 Å². The summed E-state index contributed by atoms with van der Waals surface area (Å²) in [6.45, 7) is 1.01. The van der Waals surface area contributed by atoms with E-state index in [4.69, 9.17) is 0 Å². The topological polar surface area (TPSA) is 133 Å². The number of amides is 3. The van der Waals surface area contributed by atoms with Gasteiger partial charge in [0, 0.05) is 43.1 Å². The Labute approximate surface area is 196 Å². The van der Waals surface area contributed by atoms with E-state index in [1.54, 1.807) is 12.1 Å². The Bertz CT molecular complexity index is 1320. The van der Waals surface area contributed by atoms with Crippen LogP contribution in [0.3, 0.4) is 0 Å². The van der Waals surface area contributed by atoms with Crippen molar-refractivity contribution in [3.05, 3.63) is 47.4 Å². The molecule has 5 rings (SSSR count). The number of hydrogen-bond donors (Lipinski definition) is 2. The Morgan fingerprint density at radius 2 is 1.88 bits per heavy atom. The van der Waals surface area contributed by atoms with Crippen LogP contribution in [0.4, 0.5) is 0 Å². The summed E-state index contributed by atoms with van der Waals surface area (Å²) < 4.78 is 26.7. The second-order valence-corrected chi connectivity index (χ2v) is 10.5. The number of imidazole rings is 1. The Kier molecular flexibility index (Phi) is 5.71. The summed E-state index contributed by atoms with van der Waals surface area (Å²) in [6.07, 6.45) is 4.38.